The average molecular weight is 1170 g/mol. The van der Waals surface area contributed by atoms with Crippen molar-refractivity contribution < 1.29 is 34.1 Å². The molecule has 0 amide bonds. The van der Waals surface area contributed by atoms with Gasteiger partial charge >= 0.3 is 17.7 Å². The standard InChI is InChI=1S/C22H21ClN6O2.C22H24ClN6O.C16H19ClN2O2/c1-2-3-8-18-24-20(23)19(22(30)31)29(18)13-14-9-11-15(12-10-14)16-6-4-5-7-17(16)21-25-27-28-26-21;1-2-3-8-20-24-21(23)19(14-30)29(20)13-15-9-11-16(12-10-15)17-6-4-5-7-18(17)22-25-27-28-26-22;1-3-4-9-13-18-15(17)14(16(20)21)19(13)10-12-8-6-5-7-11(12)2/h4-7,9-12,18H,2-3,8,13H2,1H3,(H-,25,26,27,28,30,31);4-7,9-12,20,30H,2-3,8,13-14H2,1H3,(H,25,26,27,28);5-8H,3-4,9-10H2,1-2H3,(H,20,21)/q;+1;/p+1. The van der Waals surface area contributed by atoms with Crippen LogP contribution in [0.25, 0.3) is 45.0 Å². The van der Waals surface area contributed by atoms with Gasteiger partial charge in [0, 0.05) is 48.1 Å². The Hall–Kier alpha value is -8.10. The number of aliphatic carboxylic acids is 1. The van der Waals surface area contributed by atoms with Crippen LogP contribution in [0.5, 0.6) is 0 Å². The molecule has 5 N–H and O–H groups in total. The summed E-state index contributed by atoms with van der Waals surface area (Å²) >= 11 is 18.4. The zero-order valence-corrected chi connectivity index (χ0v) is 48.3. The van der Waals surface area contributed by atoms with E-state index >= 15 is 0 Å². The summed E-state index contributed by atoms with van der Waals surface area (Å²) in [5, 5.41) is 58.1. The van der Waals surface area contributed by atoms with Crippen molar-refractivity contribution in [2.45, 2.75) is 117 Å². The minimum Gasteiger partial charge on any atom is -0.476 e. The van der Waals surface area contributed by atoms with Crippen LogP contribution in [0.3, 0.4) is 0 Å². The highest BCUT2D eigenvalue weighted by atomic mass is 35.5. The molecule has 2 atom stereocenters. The molecule has 0 aliphatic carbocycles. The lowest BCUT2D eigenvalue weighted by atomic mass is 9.98. The molecule has 2 aliphatic heterocycles. The Morgan fingerprint density at radius 3 is 1.57 bits per heavy atom. The summed E-state index contributed by atoms with van der Waals surface area (Å²) in [5.74, 6) is -0.257. The van der Waals surface area contributed by atoms with Crippen LogP contribution in [-0.2, 0) is 30.8 Å². The predicted molar refractivity (Wildman–Crippen MR) is 319 cm³/mol. The van der Waals surface area contributed by atoms with Crippen molar-refractivity contribution in [1.82, 2.24) is 50.8 Å². The van der Waals surface area contributed by atoms with Gasteiger partial charge in [0.15, 0.2) is 29.1 Å². The average Bonchev–Trinajstić information content (AvgIpc) is 4.45. The van der Waals surface area contributed by atoms with Gasteiger partial charge in [-0.1, -0.05) is 196 Å². The van der Waals surface area contributed by atoms with Crippen molar-refractivity contribution in [3.8, 4) is 45.0 Å². The second-order valence-corrected chi connectivity index (χ2v) is 20.7. The number of aryl methyl sites for hydroxylation is 2. The van der Waals surface area contributed by atoms with Crippen molar-refractivity contribution in [2.24, 2.45) is 9.98 Å². The van der Waals surface area contributed by atoms with Gasteiger partial charge < -0.3 is 19.9 Å². The molecule has 424 valence electrons. The number of H-pyrrole nitrogens is 2. The van der Waals surface area contributed by atoms with E-state index in [1.807, 2.05) is 104 Å². The Labute approximate surface area is 490 Å². The van der Waals surface area contributed by atoms with E-state index in [1.54, 1.807) is 9.14 Å². The van der Waals surface area contributed by atoms with Gasteiger partial charge in [-0.2, -0.15) is 25.0 Å². The summed E-state index contributed by atoms with van der Waals surface area (Å²) in [5.41, 5.74) is 11.1. The number of carboxylic acids is 2. The first-order valence-corrected chi connectivity index (χ1v) is 28.4. The van der Waals surface area contributed by atoms with E-state index in [1.165, 1.54) is 0 Å². The molecular weight excluding hydrogens is 1100 g/mol. The number of benzene rings is 5. The van der Waals surface area contributed by atoms with Crippen molar-refractivity contribution in [3.05, 3.63) is 160 Å². The molecule has 2 unspecified atom stereocenters. The van der Waals surface area contributed by atoms with Crippen molar-refractivity contribution in [2.75, 3.05) is 6.61 Å². The van der Waals surface area contributed by atoms with Crippen LogP contribution in [0.15, 0.2) is 131 Å². The minimum atomic E-state index is -1.06. The van der Waals surface area contributed by atoms with Crippen LogP contribution in [0.1, 0.15) is 111 Å². The molecule has 0 saturated heterocycles. The third-order valence-electron chi connectivity index (χ3n) is 14.1. The van der Waals surface area contributed by atoms with Crippen LogP contribution in [0.4, 0.5) is 0 Å². The molecular formula is C60H65Cl3N14O5+2. The Balaban J connectivity index is 0.000000164. The zero-order valence-electron chi connectivity index (χ0n) is 46.1. The van der Waals surface area contributed by atoms with Gasteiger partial charge in [-0.25, -0.2) is 19.1 Å². The minimum absolute atomic E-state index is 0.0155. The highest BCUT2D eigenvalue weighted by Gasteiger charge is 2.39. The van der Waals surface area contributed by atoms with Gasteiger partial charge in [0.05, 0.1) is 0 Å². The van der Waals surface area contributed by atoms with E-state index in [9.17, 15) is 24.9 Å². The van der Waals surface area contributed by atoms with Crippen molar-refractivity contribution >= 4 is 68.5 Å². The third-order valence-corrected chi connectivity index (χ3v) is 15.0. The summed E-state index contributed by atoms with van der Waals surface area (Å²) in [6.07, 6.45) is 8.26. The number of aromatic amines is 2. The molecule has 10 rings (SSSR count). The topological polar surface area (TPSA) is 252 Å². The molecule has 0 radical (unpaired) electrons. The summed E-state index contributed by atoms with van der Waals surface area (Å²) in [6, 6.07) is 40.1. The number of nitrogens with one attached hydrogen (secondary N) is 2. The number of halogens is 3. The fourth-order valence-electron chi connectivity index (χ4n) is 9.78. The Bertz CT molecular complexity index is 3580. The lowest BCUT2D eigenvalue weighted by Crippen LogP contribution is -2.31. The first-order chi connectivity index (χ1) is 39.8. The van der Waals surface area contributed by atoms with Gasteiger partial charge in [-0.05, 0) is 70.0 Å². The summed E-state index contributed by atoms with van der Waals surface area (Å²) in [7, 11) is 0. The predicted octanol–water partition coefficient (Wildman–Crippen LogP) is 11.3. The zero-order chi connectivity index (χ0) is 58.1. The summed E-state index contributed by atoms with van der Waals surface area (Å²) in [4.78, 5) is 36.4. The fourth-order valence-corrected chi connectivity index (χ4v) is 10.6. The number of carbonyl (C=O) groups is 2. The van der Waals surface area contributed by atoms with Gasteiger partial charge in [0.25, 0.3) is 0 Å². The van der Waals surface area contributed by atoms with E-state index in [0.29, 0.717) is 42.2 Å². The SMILES string of the molecule is CCCCC1N=C(Cl)C(C(=O)O)=[N+]1Cc1ccc(-c2ccccc2-c2nn[nH]n2)cc1.CCCCC1N=C(Cl)C(CO)=[N+]1Cc1ccc(-c2ccccc2-c2nn[nH]n2)cc1.CCCCc1nc(Cl)c(C(=O)O)n1Cc1ccccc1C. The number of aliphatic hydroxyl groups excluding tert-OH is 1. The quantitative estimate of drug-likeness (QED) is 0.0397. The summed E-state index contributed by atoms with van der Waals surface area (Å²) in [6.45, 7) is 9.80. The molecule has 19 nitrogen and oxygen atoms in total. The number of carboxylic acid groups (broad SMARTS) is 2. The molecule has 0 bridgehead atoms. The Morgan fingerprint density at radius 1 is 0.610 bits per heavy atom. The molecule has 0 saturated carbocycles. The van der Waals surface area contributed by atoms with Gasteiger partial charge in [-0.15, -0.1) is 20.4 Å². The van der Waals surface area contributed by atoms with Gasteiger partial charge in [0.1, 0.15) is 12.4 Å². The number of nitrogens with zero attached hydrogens (tertiary/aromatic N) is 12. The molecule has 2 aliphatic rings. The number of hydrogen-bond donors (Lipinski definition) is 5. The van der Waals surface area contributed by atoms with Crippen LogP contribution in [0, 0.1) is 6.92 Å². The third kappa shape index (κ3) is 14.7. The van der Waals surface area contributed by atoms with E-state index in [-0.39, 0.29) is 40.7 Å². The Kier molecular flexibility index (Phi) is 21.3. The number of tetrazole rings is 2. The second kappa shape index (κ2) is 29.0. The number of aliphatic imine (C=N–C) groups is 2. The Morgan fingerprint density at radius 2 is 1.10 bits per heavy atom. The van der Waals surface area contributed by atoms with Crippen molar-refractivity contribution in [1.29, 1.82) is 0 Å². The molecule has 0 fully saturated rings. The van der Waals surface area contributed by atoms with Gasteiger partial charge in [-0.3, -0.25) is 0 Å². The number of rotatable bonds is 22. The largest absolute Gasteiger partial charge is 0.476 e. The highest BCUT2D eigenvalue weighted by molar-refractivity contribution is 6.91. The van der Waals surface area contributed by atoms with Crippen molar-refractivity contribution in [3.63, 3.8) is 0 Å². The van der Waals surface area contributed by atoms with E-state index in [2.05, 4.69) is 106 Å². The molecule has 22 heteroatoms. The van der Waals surface area contributed by atoms with Crippen LogP contribution in [0.2, 0.25) is 5.15 Å². The van der Waals surface area contributed by atoms with Crippen LogP contribution in [-0.4, -0.2) is 128 Å². The normalized spacial score (nSPS) is 14.7. The molecule has 5 heterocycles. The monoisotopic (exact) mass is 1170 g/mol. The van der Waals surface area contributed by atoms with Gasteiger partial charge in [0.2, 0.25) is 34.9 Å². The lowest BCUT2D eigenvalue weighted by Gasteiger charge is -2.12. The molecule has 0 spiro atoms. The van der Waals surface area contributed by atoms with E-state index in [4.69, 9.17) is 34.8 Å². The number of aliphatic hydroxyl groups is 1. The fraction of sp³-hybridized carbons (Fsp3) is 0.317. The molecule has 82 heavy (non-hydrogen) atoms. The number of aromatic carboxylic acids is 1. The van der Waals surface area contributed by atoms with E-state index < -0.39 is 11.9 Å². The number of unbranched alkanes of at least 4 members (excludes halogenated alkanes) is 3. The second-order valence-electron chi connectivity index (χ2n) is 19.6. The summed E-state index contributed by atoms with van der Waals surface area (Å²) < 4.78 is 5.62. The maximum Gasteiger partial charge on any atom is 0.404 e. The maximum absolute atomic E-state index is 11.8. The maximum atomic E-state index is 11.8. The molecule has 8 aromatic rings. The first kappa shape index (κ1) is 60.0. The van der Waals surface area contributed by atoms with Crippen LogP contribution < -0.4 is 0 Å². The number of hydrogen-bond acceptors (Lipinski definition) is 12. The molecule has 3 aromatic heterocycles. The lowest BCUT2D eigenvalue weighted by molar-refractivity contribution is -0.577. The van der Waals surface area contributed by atoms with E-state index in [0.717, 1.165) is 119 Å². The first-order valence-electron chi connectivity index (χ1n) is 27.3. The number of imidazole rings is 1. The smallest absolute Gasteiger partial charge is 0.404 e. The van der Waals surface area contributed by atoms with Crippen LogP contribution >= 0.6 is 34.8 Å². The number of aromatic nitrogens is 10. The highest BCUT2D eigenvalue weighted by Crippen LogP contribution is 2.32. The molecule has 5 aromatic carbocycles.